The number of rotatable bonds is 8. The molecule has 100 valence electrons. The highest BCUT2D eigenvalue weighted by Gasteiger charge is 2.09. The molecule has 18 heavy (non-hydrogen) atoms. The summed E-state index contributed by atoms with van der Waals surface area (Å²) >= 11 is 0. The van der Waals surface area contributed by atoms with Crippen LogP contribution in [0.25, 0.3) is 0 Å². The molecular weight excluding hydrogens is 241 g/mol. The monoisotopic (exact) mass is 257 g/mol. The van der Waals surface area contributed by atoms with Gasteiger partial charge in [0.1, 0.15) is 5.82 Å². The third kappa shape index (κ3) is 5.07. The van der Waals surface area contributed by atoms with Gasteiger partial charge in [-0.1, -0.05) is 0 Å². The Kier molecular flexibility index (Phi) is 6.03. The Morgan fingerprint density at radius 2 is 2.11 bits per heavy atom. The zero-order chi connectivity index (χ0) is 13.4. The number of anilines is 1. The summed E-state index contributed by atoms with van der Waals surface area (Å²) in [4.78, 5) is 9.92. The summed E-state index contributed by atoms with van der Waals surface area (Å²) in [5.74, 6) is -0.626. The van der Waals surface area contributed by atoms with E-state index in [0.717, 1.165) is 12.6 Å². The Morgan fingerprint density at radius 1 is 1.33 bits per heavy atom. The highest BCUT2D eigenvalue weighted by molar-refractivity contribution is 5.51. The molecule has 0 unspecified atom stereocenters. The first-order valence-electron chi connectivity index (χ1n) is 5.52. The second-order valence-corrected chi connectivity index (χ2v) is 3.62. The number of non-ortho nitro benzene ring substituents is 1. The first-order chi connectivity index (χ1) is 8.63. The number of halogens is 1. The second-order valence-electron chi connectivity index (χ2n) is 3.62. The molecular formula is C11H16FN3O3. The average Bonchev–Trinajstić information content (AvgIpc) is 2.33. The van der Waals surface area contributed by atoms with Crippen molar-refractivity contribution in [3.8, 4) is 0 Å². The van der Waals surface area contributed by atoms with Gasteiger partial charge in [-0.3, -0.25) is 10.1 Å². The molecule has 0 aliphatic heterocycles. The molecule has 1 aromatic rings. The number of nitro groups is 1. The minimum Gasteiger partial charge on any atom is -0.383 e. The van der Waals surface area contributed by atoms with Crippen LogP contribution in [0.1, 0.15) is 0 Å². The van der Waals surface area contributed by atoms with Crippen molar-refractivity contribution in [3.63, 3.8) is 0 Å². The minimum absolute atomic E-state index is 0.259. The van der Waals surface area contributed by atoms with E-state index in [9.17, 15) is 14.5 Å². The highest BCUT2D eigenvalue weighted by Crippen LogP contribution is 2.19. The van der Waals surface area contributed by atoms with Crippen LogP contribution >= 0.6 is 0 Å². The summed E-state index contributed by atoms with van der Waals surface area (Å²) < 4.78 is 17.9. The molecule has 0 aliphatic rings. The van der Waals surface area contributed by atoms with Crippen molar-refractivity contribution >= 4 is 11.4 Å². The summed E-state index contributed by atoms with van der Waals surface area (Å²) in [6, 6.07) is 3.42. The fraction of sp³-hybridized carbons (Fsp3) is 0.455. The van der Waals surface area contributed by atoms with Gasteiger partial charge in [0.25, 0.3) is 5.69 Å². The van der Waals surface area contributed by atoms with Crippen LogP contribution in [0.2, 0.25) is 0 Å². The lowest BCUT2D eigenvalue weighted by Crippen LogP contribution is -2.25. The van der Waals surface area contributed by atoms with Crippen molar-refractivity contribution < 1.29 is 14.1 Å². The largest absolute Gasteiger partial charge is 0.383 e. The predicted molar refractivity (Wildman–Crippen MR) is 66.3 cm³/mol. The van der Waals surface area contributed by atoms with Gasteiger partial charge in [0.2, 0.25) is 0 Å². The van der Waals surface area contributed by atoms with Gasteiger partial charge in [0, 0.05) is 38.5 Å². The number of ether oxygens (including phenoxy) is 1. The fourth-order valence-electron chi connectivity index (χ4n) is 1.38. The minimum atomic E-state index is -0.626. The molecule has 2 N–H and O–H groups in total. The van der Waals surface area contributed by atoms with Gasteiger partial charge in [0.05, 0.1) is 17.6 Å². The Hall–Kier alpha value is -1.73. The maximum atomic E-state index is 13.1. The molecule has 0 aliphatic carbocycles. The summed E-state index contributed by atoms with van der Waals surface area (Å²) in [5, 5.41) is 16.5. The molecule has 6 nitrogen and oxygen atoms in total. The molecule has 0 bridgehead atoms. The van der Waals surface area contributed by atoms with Crippen molar-refractivity contribution in [2.75, 3.05) is 38.7 Å². The van der Waals surface area contributed by atoms with Crippen molar-refractivity contribution in [1.82, 2.24) is 5.32 Å². The Labute approximate surface area is 104 Å². The van der Waals surface area contributed by atoms with Crippen LogP contribution < -0.4 is 10.6 Å². The van der Waals surface area contributed by atoms with Crippen LogP contribution in [0.4, 0.5) is 15.8 Å². The fourth-order valence-corrected chi connectivity index (χ4v) is 1.38. The zero-order valence-electron chi connectivity index (χ0n) is 10.1. The average molecular weight is 257 g/mol. The normalized spacial score (nSPS) is 10.3. The van der Waals surface area contributed by atoms with Crippen LogP contribution in [0.15, 0.2) is 18.2 Å². The van der Waals surface area contributed by atoms with Gasteiger partial charge in [0.15, 0.2) is 0 Å². The van der Waals surface area contributed by atoms with E-state index in [-0.39, 0.29) is 5.69 Å². The van der Waals surface area contributed by atoms with Gasteiger partial charge >= 0.3 is 0 Å². The Bertz CT molecular complexity index is 401. The molecule has 1 rings (SSSR count). The van der Waals surface area contributed by atoms with Crippen LogP contribution in [-0.2, 0) is 4.74 Å². The standard InChI is InChI=1S/C11H16FN3O3/c1-18-5-4-13-2-3-14-10-6-9(12)7-11(8-10)15(16)17/h6-8,13-14H,2-5H2,1H3. The van der Waals surface area contributed by atoms with Crippen molar-refractivity contribution in [1.29, 1.82) is 0 Å². The molecule has 0 atom stereocenters. The van der Waals surface area contributed by atoms with E-state index in [1.54, 1.807) is 7.11 Å². The van der Waals surface area contributed by atoms with Gasteiger partial charge < -0.3 is 15.4 Å². The van der Waals surface area contributed by atoms with E-state index in [0.29, 0.717) is 25.4 Å². The van der Waals surface area contributed by atoms with Gasteiger partial charge in [-0.25, -0.2) is 4.39 Å². The van der Waals surface area contributed by atoms with Crippen molar-refractivity contribution in [3.05, 3.63) is 34.1 Å². The van der Waals surface area contributed by atoms with Gasteiger partial charge in [-0.15, -0.1) is 0 Å². The topological polar surface area (TPSA) is 76.4 Å². The van der Waals surface area contributed by atoms with E-state index in [2.05, 4.69) is 10.6 Å². The molecule has 0 fully saturated rings. The highest BCUT2D eigenvalue weighted by atomic mass is 19.1. The number of methoxy groups -OCH3 is 1. The van der Waals surface area contributed by atoms with Crippen LogP contribution in [-0.4, -0.2) is 38.3 Å². The van der Waals surface area contributed by atoms with E-state index in [4.69, 9.17) is 4.74 Å². The summed E-state index contributed by atoms with van der Waals surface area (Å²) in [6.45, 7) is 2.55. The lowest BCUT2D eigenvalue weighted by molar-refractivity contribution is -0.385. The predicted octanol–water partition coefficient (Wildman–Crippen LogP) is 1.38. The molecule has 0 saturated carbocycles. The van der Waals surface area contributed by atoms with E-state index in [1.807, 2.05) is 0 Å². The summed E-state index contributed by atoms with van der Waals surface area (Å²) in [5.41, 5.74) is 0.139. The number of nitrogens with zero attached hydrogens (tertiary/aromatic N) is 1. The summed E-state index contributed by atoms with van der Waals surface area (Å²) in [6.07, 6.45) is 0. The zero-order valence-corrected chi connectivity index (χ0v) is 10.1. The summed E-state index contributed by atoms with van der Waals surface area (Å²) in [7, 11) is 1.62. The number of nitro benzene ring substituents is 1. The molecule has 0 spiro atoms. The maximum absolute atomic E-state index is 13.1. The van der Waals surface area contributed by atoms with Gasteiger partial charge in [-0.05, 0) is 6.07 Å². The van der Waals surface area contributed by atoms with Crippen molar-refractivity contribution in [2.45, 2.75) is 0 Å². The molecule has 0 aromatic heterocycles. The number of hydrogen-bond acceptors (Lipinski definition) is 5. The SMILES string of the molecule is COCCNCCNc1cc(F)cc([N+](=O)[O-])c1. The lowest BCUT2D eigenvalue weighted by atomic mass is 10.2. The third-order valence-corrected chi connectivity index (χ3v) is 2.21. The molecule has 0 radical (unpaired) electrons. The molecule has 0 saturated heterocycles. The van der Waals surface area contributed by atoms with E-state index < -0.39 is 10.7 Å². The van der Waals surface area contributed by atoms with E-state index >= 15 is 0 Å². The van der Waals surface area contributed by atoms with Crippen LogP contribution in [0, 0.1) is 15.9 Å². The van der Waals surface area contributed by atoms with Crippen molar-refractivity contribution in [2.24, 2.45) is 0 Å². The molecule has 7 heteroatoms. The lowest BCUT2D eigenvalue weighted by Gasteiger charge is -2.07. The number of hydrogen-bond donors (Lipinski definition) is 2. The first-order valence-corrected chi connectivity index (χ1v) is 5.52. The number of nitrogens with one attached hydrogen (secondary N) is 2. The molecule has 0 amide bonds. The Morgan fingerprint density at radius 3 is 2.78 bits per heavy atom. The first kappa shape index (κ1) is 14.3. The maximum Gasteiger partial charge on any atom is 0.274 e. The number of benzene rings is 1. The van der Waals surface area contributed by atoms with Gasteiger partial charge in [-0.2, -0.15) is 0 Å². The second kappa shape index (κ2) is 7.57. The van der Waals surface area contributed by atoms with Crippen LogP contribution in [0.5, 0.6) is 0 Å². The molecule has 1 aromatic carbocycles. The molecule has 0 heterocycles. The van der Waals surface area contributed by atoms with E-state index in [1.165, 1.54) is 12.1 Å². The smallest absolute Gasteiger partial charge is 0.274 e. The quantitative estimate of drug-likeness (QED) is 0.418. The van der Waals surface area contributed by atoms with Crippen LogP contribution in [0.3, 0.4) is 0 Å². The third-order valence-electron chi connectivity index (χ3n) is 2.21. The Balaban J connectivity index is 2.40.